The summed E-state index contributed by atoms with van der Waals surface area (Å²) in [6.07, 6.45) is 0. The van der Waals surface area contributed by atoms with Crippen molar-refractivity contribution in [2.75, 3.05) is 0 Å². The van der Waals surface area contributed by atoms with Crippen molar-refractivity contribution in [3.8, 4) is 5.75 Å². The summed E-state index contributed by atoms with van der Waals surface area (Å²) >= 11 is 16.0. The van der Waals surface area contributed by atoms with Gasteiger partial charge < -0.3 is 4.18 Å². The van der Waals surface area contributed by atoms with E-state index in [1.54, 1.807) is 26.0 Å². The molecule has 0 amide bonds. The van der Waals surface area contributed by atoms with Gasteiger partial charge in [-0.2, -0.15) is 8.42 Å². The second kappa shape index (κ2) is 4.84. The minimum atomic E-state index is -4.31. The van der Waals surface area contributed by atoms with E-state index in [4.69, 9.17) is 39.0 Å². The Hall–Kier alpha value is -0.160. The fourth-order valence-corrected chi connectivity index (χ4v) is 2.32. The zero-order chi connectivity index (χ0) is 13.4. The molecule has 0 spiro atoms. The Labute approximate surface area is 116 Å². The zero-order valence-corrected chi connectivity index (χ0v) is 12.5. The molecular weight excluding hydrogens is 307 g/mol. The third kappa shape index (κ3) is 3.41. The first-order valence-corrected chi connectivity index (χ1v) is 7.17. The van der Waals surface area contributed by atoms with E-state index < -0.39 is 13.2 Å². The van der Waals surface area contributed by atoms with Crippen LogP contribution in [0.3, 0.4) is 0 Å². The van der Waals surface area contributed by atoms with E-state index in [1.807, 2.05) is 6.92 Å². The van der Waals surface area contributed by atoms with Crippen LogP contribution < -0.4 is 4.18 Å². The molecule has 0 aliphatic heterocycles. The molecule has 0 saturated carbocycles. The predicted molar refractivity (Wildman–Crippen MR) is 70.5 cm³/mol. The summed E-state index contributed by atoms with van der Waals surface area (Å²) in [7, 11) is -4.31. The lowest BCUT2D eigenvalue weighted by Crippen LogP contribution is -2.25. The number of rotatable bonds is 2. The largest absolute Gasteiger partial charge is 0.379 e. The van der Waals surface area contributed by atoms with E-state index in [-0.39, 0.29) is 5.75 Å². The summed E-state index contributed by atoms with van der Waals surface area (Å²) in [4.78, 5) is 0. The number of benzene rings is 1. The first-order valence-electron chi connectivity index (χ1n) is 4.63. The molecule has 0 aromatic heterocycles. The Morgan fingerprint density at radius 1 is 1.06 bits per heavy atom. The van der Waals surface area contributed by atoms with Gasteiger partial charge in [0.15, 0.2) is 0 Å². The molecule has 1 aromatic rings. The molecule has 1 aromatic carbocycles. The summed E-state index contributed by atoms with van der Waals surface area (Å²) in [5.74, 6) is 0.196. The third-order valence-corrected chi connectivity index (χ3v) is 4.74. The lowest BCUT2D eigenvalue weighted by atomic mass is 10.1. The minimum absolute atomic E-state index is 0.196. The van der Waals surface area contributed by atoms with Crippen LogP contribution in [-0.2, 0) is 10.1 Å². The number of alkyl halides is 3. The van der Waals surface area contributed by atoms with Crippen LogP contribution in [0.15, 0.2) is 12.1 Å². The smallest absolute Gasteiger partial charge is 0.358 e. The molecule has 7 heteroatoms. The van der Waals surface area contributed by atoms with E-state index in [0.29, 0.717) is 11.1 Å². The van der Waals surface area contributed by atoms with Crippen LogP contribution in [0, 0.1) is 20.8 Å². The highest BCUT2D eigenvalue weighted by Gasteiger charge is 2.41. The Balaban J connectivity index is 3.22. The quantitative estimate of drug-likeness (QED) is 0.618. The van der Waals surface area contributed by atoms with Crippen molar-refractivity contribution in [3.63, 3.8) is 0 Å². The fourth-order valence-electron chi connectivity index (χ4n) is 1.46. The van der Waals surface area contributed by atoms with Crippen molar-refractivity contribution >= 4 is 44.9 Å². The van der Waals surface area contributed by atoms with Crippen molar-refractivity contribution in [1.29, 1.82) is 0 Å². The standard InChI is InChI=1S/C10H11Cl3O3S/c1-6-4-7(2)9(8(3)5-6)16-17(14,15)10(11,12)13/h4-5H,1-3H3. The average molecular weight is 318 g/mol. The molecule has 0 aliphatic rings. The highest BCUT2D eigenvalue weighted by atomic mass is 35.6. The van der Waals surface area contributed by atoms with Crippen LogP contribution in [0.5, 0.6) is 5.75 Å². The molecule has 96 valence electrons. The molecule has 3 nitrogen and oxygen atoms in total. The number of hydrogen-bond donors (Lipinski definition) is 0. The highest BCUT2D eigenvalue weighted by Crippen LogP contribution is 2.36. The van der Waals surface area contributed by atoms with Gasteiger partial charge in [0.05, 0.1) is 0 Å². The molecule has 0 aliphatic carbocycles. The number of halogens is 3. The van der Waals surface area contributed by atoms with Crippen LogP contribution >= 0.6 is 34.8 Å². The van der Waals surface area contributed by atoms with Gasteiger partial charge in [-0.25, -0.2) is 0 Å². The van der Waals surface area contributed by atoms with Crippen LogP contribution in [-0.4, -0.2) is 11.5 Å². The summed E-state index contributed by atoms with van der Waals surface area (Å²) in [6.45, 7) is 5.35. The maximum Gasteiger partial charge on any atom is 0.358 e. The van der Waals surface area contributed by atoms with Gasteiger partial charge in [0.2, 0.25) is 0 Å². The number of aryl methyl sites for hydroxylation is 3. The second-order valence-corrected chi connectivity index (χ2v) is 8.35. The van der Waals surface area contributed by atoms with Crippen LogP contribution in [0.1, 0.15) is 16.7 Å². The SMILES string of the molecule is Cc1cc(C)c(OS(=O)(=O)C(Cl)(Cl)Cl)c(C)c1. The molecule has 17 heavy (non-hydrogen) atoms. The van der Waals surface area contributed by atoms with Crippen molar-refractivity contribution in [2.45, 2.75) is 23.9 Å². The summed E-state index contributed by atoms with van der Waals surface area (Å²) in [6, 6.07) is 3.58. The van der Waals surface area contributed by atoms with E-state index in [9.17, 15) is 8.42 Å². The average Bonchev–Trinajstić information content (AvgIpc) is 2.09. The predicted octanol–water partition coefficient (Wildman–Crippen LogP) is 3.65. The van der Waals surface area contributed by atoms with Crippen LogP contribution in [0.4, 0.5) is 0 Å². The van der Waals surface area contributed by atoms with E-state index in [0.717, 1.165) is 5.56 Å². The minimum Gasteiger partial charge on any atom is -0.379 e. The molecule has 1 rings (SSSR count). The maximum atomic E-state index is 11.6. The molecule has 0 bridgehead atoms. The Kier molecular flexibility index (Phi) is 4.24. The van der Waals surface area contributed by atoms with Crippen molar-refractivity contribution in [1.82, 2.24) is 0 Å². The van der Waals surface area contributed by atoms with Crippen molar-refractivity contribution in [3.05, 3.63) is 28.8 Å². The topological polar surface area (TPSA) is 43.4 Å². The normalized spacial score (nSPS) is 12.6. The lowest BCUT2D eigenvalue weighted by molar-refractivity contribution is 0.482. The Morgan fingerprint density at radius 2 is 1.47 bits per heavy atom. The molecule has 0 N–H and O–H groups in total. The van der Waals surface area contributed by atoms with Gasteiger partial charge in [-0.3, -0.25) is 0 Å². The molecule has 0 radical (unpaired) electrons. The van der Waals surface area contributed by atoms with Crippen molar-refractivity contribution in [2.24, 2.45) is 0 Å². The summed E-state index contributed by atoms with van der Waals surface area (Å²) in [5, 5.41) is 0. The van der Waals surface area contributed by atoms with E-state index >= 15 is 0 Å². The lowest BCUT2D eigenvalue weighted by Gasteiger charge is -2.16. The van der Waals surface area contributed by atoms with Gasteiger partial charge in [0, 0.05) is 0 Å². The summed E-state index contributed by atoms with van der Waals surface area (Å²) < 4.78 is 25.5. The Bertz CT molecular complexity index is 509. The van der Waals surface area contributed by atoms with Gasteiger partial charge in [0.25, 0.3) is 0 Å². The van der Waals surface area contributed by atoms with Crippen LogP contribution in [0.2, 0.25) is 0 Å². The van der Waals surface area contributed by atoms with Gasteiger partial charge in [-0.1, -0.05) is 52.5 Å². The second-order valence-electron chi connectivity index (χ2n) is 3.71. The fraction of sp³-hybridized carbons (Fsp3) is 0.400. The zero-order valence-electron chi connectivity index (χ0n) is 9.42. The maximum absolute atomic E-state index is 11.6. The highest BCUT2D eigenvalue weighted by molar-refractivity contribution is 7.93. The van der Waals surface area contributed by atoms with Gasteiger partial charge >= 0.3 is 13.2 Å². The van der Waals surface area contributed by atoms with E-state index in [1.165, 1.54) is 0 Å². The molecule has 0 saturated heterocycles. The molecule has 0 unspecified atom stereocenters. The summed E-state index contributed by atoms with van der Waals surface area (Å²) in [5.41, 5.74) is 2.33. The molecule has 0 fully saturated rings. The molecule has 0 heterocycles. The third-order valence-electron chi connectivity index (χ3n) is 2.08. The van der Waals surface area contributed by atoms with Crippen molar-refractivity contribution < 1.29 is 12.6 Å². The van der Waals surface area contributed by atoms with Crippen LogP contribution in [0.25, 0.3) is 0 Å². The first-order chi connectivity index (χ1) is 7.54. The van der Waals surface area contributed by atoms with Gasteiger partial charge in [-0.05, 0) is 31.9 Å². The first kappa shape index (κ1) is 14.9. The molecule has 0 atom stereocenters. The van der Waals surface area contributed by atoms with E-state index in [2.05, 4.69) is 0 Å². The monoisotopic (exact) mass is 316 g/mol. The molecular formula is C10H11Cl3O3S. The number of hydrogen-bond acceptors (Lipinski definition) is 3. The van der Waals surface area contributed by atoms with Gasteiger partial charge in [0.1, 0.15) is 5.75 Å². The van der Waals surface area contributed by atoms with Gasteiger partial charge in [-0.15, -0.1) is 0 Å². The Morgan fingerprint density at radius 3 is 1.82 bits per heavy atom.